The molecule has 0 saturated carbocycles. The summed E-state index contributed by atoms with van der Waals surface area (Å²) in [4.78, 5) is 0. The standard InChI is InChI=1S/C17H15N3OS/c1-2-12-22-17-19-18-16(14-10-6-7-11-15(14)21)20(17)13-8-4-3-5-9-13/h2-11,21H,1,12H2. The van der Waals surface area contributed by atoms with E-state index in [1.54, 1.807) is 23.9 Å². The first-order chi connectivity index (χ1) is 10.8. The third-order valence-electron chi connectivity index (χ3n) is 3.12. The lowest BCUT2D eigenvalue weighted by Crippen LogP contribution is -1.99. The molecular formula is C17H15N3OS. The van der Waals surface area contributed by atoms with Gasteiger partial charge in [0.1, 0.15) is 5.75 Å². The Morgan fingerprint density at radius 1 is 1.05 bits per heavy atom. The Balaban J connectivity index is 2.17. The van der Waals surface area contributed by atoms with Gasteiger partial charge in [0, 0.05) is 11.4 Å². The highest BCUT2D eigenvalue weighted by atomic mass is 32.2. The van der Waals surface area contributed by atoms with Crippen LogP contribution in [0.2, 0.25) is 0 Å². The van der Waals surface area contributed by atoms with Gasteiger partial charge in [0.05, 0.1) is 5.56 Å². The second-order valence-corrected chi connectivity index (χ2v) is 5.58. The molecule has 110 valence electrons. The van der Waals surface area contributed by atoms with E-state index in [9.17, 15) is 5.11 Å². The van der Waals surface area contributed by atoms with Crippen LogP contribution in [0.15, 0.2) is 72.4 Å². The summed E-state index contributed by atoms with van der Waals surface area (Å²) < 4.78 is 1.95. The lowest BCUT2D eigenvalue weighted by molar-refractivity contribution is 0.476. The average molecular weight is 309 g/mol. The molecule has 3 rings (SSSR count). The maximum absolute atomic E-state index is 10.1. The lowest BCUT2D eigenvalue weighted by atomic mass is 10.2. The smallest absolute Gasteiger partial charge is 0.196 e. The predicted molar refractivity (Wildman–Crippen MR) is 89.4 cm³/mol. The lowest BCUT2D eigenvalue weighted by Gasteiger charge is -2.10. The molecule has 4 nitrogen and oxygen atoms in total. The summed E-state index contributed by atoms with van der Waals surface area (Å²) in [5.41, 5.74) is 1.61. The van der Waals surface area contributed by atoms with Crippen molar-refractivity contribution in [2.24, 2.45) is 0 Å². The summed E-state index contributed by atoms with van der Waals surface area (Å²) in [6.45, 7) is 3.74. The molecule has 1 aromatic heterocycles. The van der Waals surface area contributed by atoms with Crippen molar-refractivity contribution in [1.29, 1.82) is 0 Å². The minimum Gasteiger partial charge on any atom is -0.507 e. The van der Waals surface area contributed by atoms with Crippen LogP contribution in [0.4, 0.5) is 0 Å². The van der Waals surface area contributed by atoms with E-state index in [1.807, 2.05) is 53.1 Å². The molecule has 0 saturated heterocycles. The fraction of sp³-hybridized carbons (Fsp3) is 0.0588. The second kappa shape index (κ2) is 6.49. The third kappa shape index (κ3) is 2.76. The predicted octanol–water partition coefficient (Wildman–Crippen LogP) is 3.92. The van der Waals surface area contributed by atoms with E-state index in [2.05, 4.69) is 16.8 Å². The molecule has 0 aliphatic rings. The number of hydrogen-bond donors (Lipinski definition) is 1. The molecule has 0 spiro atoms. The number of para-hydroxylation sites is 2. The van der Waals surface area contributed by atoms with Crippen molar-refractivity contribution in [2.45, 2.75) is 5.16 Å². The second-order valence-electron chi connectivity index (χ2n) is 4.59. The Kier molecular flexibility index (Phi) is 4.25. The number of benzene rings is 2. The normalized spacial score (nSPS) is 10.5. The number of hydrogen-bond acceptors (Lipinski definition) is 4. The number of phenols is 1. The summed E-state index contributed by atoms with van der Waals surface area (Å²) in [7, 11) is 0. The van der Waals surface area contributed by atoms with Gasteiger partial charge in [-0.25, -0.2) is 0 Å². The van der Waals surface area contributed by atoms with E-state index in [-0.39, 0.29) is 5.75 Å². The first-order valence-electron chi connectivity index (χ1n) is 6.84. The van der Waals surface area contributed by atoms with Crippen LogP contribution in [0.5, 0.6) is 5.75 Å². The summed E-state index contributed by atoms with van der Waals surface area (Å²) in [6.07, 6.45) is 1.83. The molecule has 1 heterocycles. The van der Waals surface area contributed by atoms with Gasteiger partial charge in [0.2, 0.25) is 0 Å². The van der Waals surface area contributed by atoms with Crippen LogP contribution in [0, 0.1) is 0 Å². The molecule has 0 bridgehead atoms. The van der Waals surface area contributed by atoms with Gasteiger partial charge < -0.3 is 5.11 Å². The fourth-order valence-electron chi connectivity index (χ4n) is 2.14. The van der Waals surface area contributed by atoms with Crippen molar-refractivity contribution in [3.05, 3.63) is 67.3 Å². The molecule has 1 N–H and O–H groups in total. The molecule has 3 aromatic rings. The monoisotopic (exact) mass is 309 g/mol. The van der Waals surface area contributed by atoms with Crippen molar-refractivity contribution in [1.82, 2.24) is 14.8 Å². The van der Waals surface area contributed by atoms with Crippen LogP contribution in [0.3, 0.4) is 0 Å². The zero-order chi connectivity index (χ0) is 15.4. The molecule has 5 heteroatoms. The van der Waals surface area contributed by atoms with Gasteiger partial charge in [-0.3, -0.25) is 4.57 Å². The van der Waals surface area contributed by atoms with Gasteiger partial charge >= 0.3 is 0 Å². The Labute approximate surface area is 133 Å². The highest BCUT2D eigenvalue weighted by molar-refractivity contribution is 7.99. The van der Waals surface area contributed by atoms with Crippen LogP contribution < -0.4 is 0 Å². The van der Waals surface area contributed by atoms with Crippen LogP contribution in [-0.4, -0.2) is 25.6 Å². The molecule has 22 heavy (non-hydrogen) atoms. The summed E-state index contributed by atoms with van der Waals surface area (Å²) in [5.74, 6) is 1.55. The van der Waals surface area contributed by atoms with Gasteiger partial charge in [-0.1, -0.05) is 48.2 Å². The number of nitrogens with zero attached hydrogens (tertiary/aromatic N) is 3. The zero-order valence-corrected chi connectivity index (χ0v) is 12.7. The molecule has 0 aliphatic carbocycles. The zero-order valence-electron chi connectivity index (χ0n) is 11.9. The molecule has 0 amide bonds. The highest BCUT2D eigenvalue weighted by Crippen LogP contribution is 2.32. The molecule has 0 radical (unpaired) electrons. The van der Waals surface area contributed by atoms with Crippen molar-refractivity contribution in [2.75, 3.05) is 5.75 Å². The van der Waals surface area contributed by atoms with Crippen molar-refractivity contribution in [3.8, 4) is 22.8 Å². The number of aromatic hydroxyl groups is 1. The van der Waals surface area contributed by atoms with Gasteiger partial charge in [0.15, 0.2) is 11.0 Å². The van der Waals surface area contributed by atoms with Crippen molar-refractivity contribution in [3.63, 3.8) is 0 Å². The number of thioether (sulfide) groups is 1. The molecule has 2 aromatic carbocycles. The summed E-state index contributed by atoms with van der Waals surface area (Å²) in [5, 5.41) is 19.4. The minimum atomic E-state index is 0.187. The average Bonchev–Trinajstić information content (AvgIpc) is 2.98. The highest BCUT2D eigenvalue weighted by Gasteiger charge is 2.17. The van der Waals surface area contributed by atoms with Gasteiger partial charge in [-0.15, -0.1) is 16.8 Å². The van der Waals surface area contributed by atoms with Gasteiger partial charge in [-0.2, -0.15) is 0 Å². The molecular weight excluding hydrogens is 294 g/mol. The summed E-state index contributed by atoms with van der Waals surface area (Å²) >= 11 is 1.55. The first kappa shape index (κ1) is 14.4. The molecule has 0 atom stereocenters. The SMILES string of the molecule is C=CCSc1nnc(-c2ccccc2O)n1-c1ccccc1. The largest absolute Gasteiger partial charge is 0.507 e. The van der Waals surface area contributed by atoms with Crippen LogP contribution in [-0.2, 0) is 0 Å². The Morgan fingerprint density at radius 2 is 1.77 bits per heavy atom. The number of aromatic nitrogens is 3. The van der Waals surface area contributed by atoms with E-state index in [0.29, 0.717) is 11.4 Å². The van der Waals surface area contributed by atoms with E-state index < -0.39 is 0 Å². The van der Waals surface area contributed by atoms with Crippen LogP contribution in [0.1, 0.15) is 0 Å². The van der Waals surface area contributed by atoms with E-state index in [4.69, 9.17) is 0 Å². The van der Waals surface area contributed by atoms with E-state index in [0.717, 1.165) is 16.6 Å². The third-order valence-corrected chi connectivity index (χ3v) is 4.05. The molecule has 0 unspecified atom stereocenters. The van der Waals surface area contributed by atoms with Crippen molar-refractivity contribution >= 4 is 11.8 Å². The molecule has 0 aliphatic heterocycles. The number of phenolic OH excluding ortho intramolecular Hbond substituents is 1. The van der Waals surface area contributed by atoms with E-state index >= 15 is 0 Å². The Morgan fingerprint density at radius 3 is 2.50 bits per heavy atom. The Bertz CT molecular complexity index is 784. The topological polar surface area (TPSA) is 50.9 Å². The first-order valence-corrected chi connectivity index (χ1v) is 7.82. The molecule has 0 fully saturated rings. The quantitative estimate of drug-likeness (QED) is 0.573. The number of rotatable bonds is 5. The van der Waals surface area contributed by atoms with Crippen LogP contribution >= 0.6 is 11.8 Å². The van der Waals surface area contributed by atoms with Gasteiger partial charge in [0.25, 0.3) is 0 Å². The summed E-state index contributed by atoms with van der Waals surface area (Å²) in [6, 6.07) is 17.0. The van der Waals surface area contributed by atoms with Crippen LogP contribution in [0.25, 0.3) is 17.1 Å². The Hall–Kier alpha value is -2.53. The van der Waals surface area contributed by atoms with Crippen molar-refractivity contribution < 1.29 is 5.11 Å². The van der Waals surface area contributed by atoms with Gasteiger partial charge in [-0.05, 0) is 24.3 Å². The minimum absolute atomic E-state index is 0.187. The maximum atomic E-state index is 10.1. The fourth-order valence-corrected chi connectivity index (χ4v) is 2.83. The van der Waals surface area contributed by atoms with E-state index in [1.165, 1.54) is 0 Å². The maximum Gasteiger partial charge on any atom is 0.196 e.